The summed E-state index contributed by atoms with van der Waals surface area (Å²) in [6.07, 6.45) is 1.62. The SMILES string of the molecule is COc1cc(C(=O)N/N=C\c2ccc(-c3ccccc3)s2)cc(OC)c1OC. The third-order valence-corrected chi connectivity index (χ3v) is 5.04. The smallest absolute Gasteiger partial charge is 0.271 e. The van der Waals surface area contributed by atoms with Gasteiger partial charge in [-0.25, -0.2) is 5.43 Å². The molecule has 1 aromatic heterocycles. The monoisotopic (exact) mass is 396 g/mol. The molecule has 144 valence electrons. The van der Waals surface area contributed by atoms with Crippen molar-refractivity contribution in [1.82, 2.24) is 5.43 Å². The van der Waals surface area contributed by atoms with Crippen molar-refractivity contribution in [2.45, 2.75) is 0 Å². The summed E-state index contributed by atoms with van der Waals surface area (Å²) < 4.78 is 15.8. The van der Waals surface area contributed by atoms with Gasteiger partial charge >= 0.3 is 0 Å². The molecule has 1 amide bonds. The number of rotatable bonds is 7. The zero-order chi connectivity index (χ0) is 19.9. The molecule has 0 aliphatic rings. The van der Waals surface area contributed by atoms with Crippen LogP contribution in [0.1, 0.15) is 15.2 Å². The molecule has 0 atom stereocenters. The molecular weight excluding hydrogens is 376 g/mol. The number of ether oxygens (including phenoxy) is 3. The highest BCUT2D eigenvalue weighted by atomic mass is 32.1. The van der Waals surface area contributed by atoms with Crippen molar-refractivity contribution in [3.8, 4) is 27.7 Å². The second-order valence-corrected chi connectivity index (χ2v) is 6.80. The van der Waals surface area contributed by atoms with Gasteiger partial charge in [0, 0.05) is 15.3 Å². The fraction of sp³-hybridized carbons (Fsp3) is 0.143. The van der Waals surface area contributed by atoms with E-state index in [1.165, 1.54) is 21.3 Å². The van der Waals surface area contributed by atoms with E-state index in [9.17, 15) is 4.79 Å². The molecule has 0 radical (unpaired) electrons. The Balaban J connectivity index is 1.71. The van der Waals surface area contributed by atoms with Gasteiger partial charge in [-0.15, -0.1) is 11.3 Å². The van der Waals surface area contributed by atoms with E-state index in [1.807, 2.05) is 30.3 Å². The molecule has 1 N–H and O–H groups in total. The lowest BCUT2D eigenvalue weighted by atomic mass is 10.1. The minimum Gasteiger partial charge on any atom is -0.493 e. The van der Waals surface area contributed by atoms with Crippen LogP contribution in [0.5, 0.6) is 17.2 Å². The second-order valence-electron chi connectivity index (χ2n) is 5.68. The lowest BCUT2D eigenvalue weighted by Gasteiger charge is -2.13. The largest absolute Gasteiger partial charge is 0.493 e. The summed E-state index contributed by atoms with van der Waals surface area (Å²) in [4.78, 5) is 14.5. The third-order valence-electron chi connectivity index (χ3n) is 3.97. The first-order valence-corrected chi connectivity index (χ1v) is 9.26. The lowest BCUT2D eigenvalue weighted by molar-refractivity contribution is 0.0954. The highest BCUT2D eigenvalue weighted by Crippen LogP contribution is 2.38. The first-order valence-electron chi connectivity index (χ1n) is 8.45. The van der Waals surface area contributed by atoms with E-state index in [0.29, 0.717) is 22.8 Å². The van der Waals surface area contributed by atoms with E-state index >= 15 is 0 Å². The number of carbonyl (C=O) groups excluding carboxylic acids is 1. The Kier molecular flexibility index (Phi) is 6.29. The van der Waals surface area contributed by atoms with Crippen molar-refractivity contribution >= 4 is 23.5 Å². The van der Waals surface area contributed by atoms with Crippen LogP contribution in [-0.2, 0) is 0 Å². The number of carbonyl (C=O) groups is 1. The van der Waals surface area contributed by atoms with Gasteiger partial charge in [0.1, 0.15) is 0 Å². The normalized spacial score (nSPS) is 10.7. The predicted octanol–water partition coefficient (Wildman–Crippen LogP) is 4.20. The number of methoxy groups -OCH3 is 3. The van der Waals surface area contributed by atoms with Gasteiger partial charge < -0.3 is 14.2 Å². The van der Waals surface area contributed by atoms with Crippen molar-refractivity contribution in [1.29, 1.82) is 0 Å². The quantitative estimate of drug-likeness (QED) is 0.480. The van der Waals surface area contributed by atoms with E-state index in [4.69, 9.17) is 14.2 Å². The zero-order valence-electron chi connectivity index (χ0n) is 15.8. The Morgan fingerprint density at radius 1 is 0.964 bits per heavy atom. The third kappa shape index (κ3) is 4.32. The molecule has 2 aromatic carbocycles. The Labute approximate surface area is 167 Å². The molecule has 0 spiro atoms. The average Bonchev–Trinajstić information content (AvgIpc) is 3.22. The average molecular weight is 396 g/mol. The van der Waals surface area contributed by atoms with Gasteiger partial charge in [0.15, 0.2) is 11.5 Å². The number of nitrogens with zero attached hydrogens (tertiary/aromatic N) is 1. The highest BCUT2D eigenvalue weighted by molar-refractivity contribution is 7.17. The molecule has 3 aromatic rings. The lowest BCUT2D eigenvalue weighted by Crippen LogP contribution is -2.17. The van der Waals surface area contributed by atoms with Gasteiger partial charge in [0.2, 0.25) is 5.75 Å². The number of thiophene rings is 1. The van der Waals surface area contributed by atoms with Gasteiger partial charge in [-0.1, -0.05) is 30.3 Å². The number of hydrogen-bond donors (Lipinski definition) is 1. The van der Waals surface area contributed by atoms with E-state index in [0.717, 1.165) is 15.3 Å². The van der Waals surface area contributed by atoms with Crippen LogP contribution in [0, 0.1) is 0 Å². The summed E-state index contributed by atoms with van der Waals surface area (Å²) in [6, 6.07) is 17.2. The summed E-state index contributed by atoms with van der Waals surface area (Å²) in [5.41, 5.74) is 4.02. The van der Waals surface area contributed by atoms with E-state index < -0.39 is 0 Å². The van der Waals surface area contributed by atoms with Gasteiger partial charge in [-0.05, 0) is 29.8 Å². The van der Waals surface area contributed by atoms with Crippen molar-refractivity contribution in [2.75, 3.05) is 21.3 Å². The number of hydrazone groups is 1. The number of nitrogens with one attached hydrogen (secondary N) is 1. The molecule has 0 saturated carbocycles. The predicted molar refractivity (Wildman–Crippen MR) is 111 cm³/mol. The summed E-state index contributed by atoms with van der Waals surface area (Å²) in [6.45, 7) is 0. The van der Waals surface area contributed by atoms with Crippen LogP contribution in [-0.4, -0.2) is 33.5 Å². The van der Waals surface area contributed by atoms with Crippen LogP contribution in [0.4, 0.5) is 0 Å². The Morgan fingerprint density at radius 3 is 2.25 bits per heavy atom. The zero-order valence-corrected chi connectivity index (χ0v) is 16.6. The molecule has 0 saturated heterocycles. The van der Waals surface area contributed by atoms with Crippen molar-refractivity contribution in [3.63, 3.8) is 0 Å². The first-order chi connectivity index (χ1) is 13.7. The van der Waals surface area contributed by atoms with Crippen LogP contribution in [0.2, 0.25) is 0 Å². The van der Waals surface area contributed by atoms with Gasteiger partial charge in [0.05, 0.1) is 27.5 Å². The van der Waals surface area contributed by atoms with Crippen molar-refractivity contribution < 1.29 is 19.0 Å². The summed E-state index contributed by atoms with van der Waals surface area (Å²) in [7, 11) is 4.51. The maximum atomic E-state index is 12.4. The summed E-state index contributed by atoms with van der Waals surface area (Å²) in [5, 5.41) is 4.05. The topological polar surface area (TPSA) is 69.2 Å². The molecule has 0 unspecified atom stereocenters. The van der Waals surface area contributed by atoms with Gasteiger partial charge in [-0.2, -0.15) is 5.10 Å². The number of hydrogen-bond acceptors (Lipinski definition) is 6. The number of benzene rings is 2. The highest BCUT2D eigenvalue weighted by Gasteiger charge is 2.16. The molecule has 0 fully saturated rings. The minimum absolute atomic E-state index is 0.350. The van der Waals surface area contributed by atoms with Crippen molar-refractivity contribution in [3.05, 3.63) is 65.0 Å². The summed E-state index contributed by atoms with van der Waals surface area (Å²) in [5.74, 6) is 0.857. The number of amides is 1. The van der Waals surface area contributed by atoms with Crippen LogP contribution in [0.15, 0.2) is 59.7 Å². The van der Waals surface area contributed by atoms with E-state index in [1.54, 1.807) is 29.7 Å². The molecular formula is C21H20N2O4S. The van der Waals surface area contributed by atoms with Crippen LogP contribution < -0.4 is 19.6 Å². The molecule has 7 heteroatoms. The van der Waals surface area contributed by atoms with Gasteiger partial charge in [0.25, 0.3) is 5.91 Å². The second kappa shape index (κ2) is 9.05. The Hall–Kier alpha value is -3.32. The maximum Gasteiger partial charge on any atom is 0.271 e. The summed E-state index contributed by atoms with van der Waals surface area (Å²) >= 11 is 1.59. The van der Waals surface area contributed by atoms with E-state index in [2.05, 4.69) is 22.7 Å². The molecule has 28 heavy (non-hydrogen) atoms. The Bertz CT molecular complexity index is 958. The van der Waals surface area contributed by atoms with E-state index in [-0.39, 0.29) is 5.91 Å². The molecule has 3 rings (SSSR count). The van der Waals surface area contributed by atoms with Crippen LogP contribution in [0.25, 0.3) is 10.4 Å². The van der Waals surface area contributed by atoms with Gasteiger partial charge in [-0.3, -0.25) is 4.79 Å². The van der Waals surface area contributed by atoms with Crippen LogP contribution >= 0.6 is 11.3 Å². The molecule has 1 heterocycles. The minimum atomic E-state index is -0.379. The first kappa shape index (κ1) is 19.4. The molecule has 0 aliphatic heterocycles. The fourth-order valence-corrected chi connectivity index (χ4v) is 3.50. The van der Waals surface area contributed by atoms with Crippen LogP contribution in [0.3, 0.4) is 0 Å². The standard InChI is InChI=1S/C21H20N2O4S/c1-25-17-11-15(12-18(26-2)20(17)27-3)21(24)23-22-13-16-9-10-19(28-16)14-7-5-4-6-8-14/h4-13H,1-3H3,(H,23,24)/b22-13-. The Morgan fingerprint density at radius 2 is 1.64 bits per heavy atom. The fourth-order valence-electron chi connectivity index (χ4n) is 2.61. The molecule has 0 bridgehead atoms. The van der Waals surface area contributed by atoms with Crippen molar-refractivity contribution in [2.24, 2.45) is 5.10 Å². The maximum absolute atomic E-state index is 12.4. The molecule has 6 nitrogen and oxygen atoms in total. The molecule has 0 aliphatic carbocycles.